The molecule has 1 aromatic heterocycles. The fourth-order valence-electron chi connectivity index (χ4n) is 3.97. The molecular formula is C27H31NO. The molecule has 0 spiro atoms. The minimum atomic E-state index is 0.115. The minimum Gasteiger partial charge on any atom is -0.497 e. The van der Waals surface area contributed by atoms with E-state index in [9.17, 15) is 0 Å². The van der Waals surface area contributed by atoms with Crippen molar-refractivity contribution in [1.82, 2.24) is 4.57 Å². The maximum absolute atomic E-state index is 5.36. The van der Waals surface area contributed by atoms with Gasteiger partial charge in [0.25, 0.3) is 0 Å². The van der Waals surface area contributed by atoms with Crippen molar-refractivity contribution in [1.29, 1.82) is 0 Å². The van der Waals surface area contributed by atoms with Crippen LogP contribution in [-0.4, -0.2) is 11.7 Å². The van der Waals surface area contributed by atoms with Crippen LogP contribution in [-0.2, 0) is 10.8 Å². The molecule has 1 heterocycles. The molecule has 0 fully saturated rings. The number of nitrogens with zero attached hydrogens (tertiary/aromatic N) is 1. The second-order valence-electron chi connectivity index (χ2n) is 10.00. The van der Waals surface area contributed by atoms with Gasteiger partial charge in [-0.1, -0.05) is 53.7 Å². The highest BCUT2D eigenvalue weighted by Crippen LogP contribution is 2.37. The van der Waals surface area contributed by atoms with Gasteiger partial charge in [-0.3, -0.25) is 0 Å². The van der Waals surface area contributed by atoms with Crippen LogP contribution in [0.15, 0.2) is 60.7 Å². The van der Waals surface area contributed by atoms with Gasteiger partial charge in [0.1, 0.15) is 5.75 Å². The molecule has 0 saturated heterocycles. The van der Waals surface area contributed by atoms with E-state index in [1.807, 2.05) is 12.1 Å². The Labute approximate surface area is 174 Å². The first-order valence-corrected chi connectivity index (χ1v) is 10.3. The summed E-state index contributed by atoms with van der Waals surface area (Å²) in [7, 11) is 1.71. The van der Waals surface area contributed by atoms with E-state index in [2.05, 4.69) is 94.6 Å². The molecule has 2 heteroatoms. The Kier molecular flexibility index (Phi) is 4.49. The molecule has 4 rings (SSSR count). The number of aromatic nitrogens is 1. The van der Waals surface area contributed by atoms with Crippen molar-refractivity contribution >= 4 is 21.8 Å². The highest BCUT2D eigenvalue weighted by molar-refractivity contribution is 6.09. The fourth-order valence-corrected chi connectivity index (χ4v) is 3.97. The average Bonchev–Trinajstić information content (AvgIpc) is 3.00. The first-order valence-electron chi connectivity index (χ1n) is 10.3. The van der Waals surface area contributed by atoms with Gasteiger partial charge in [0.05, 0.1) is 18.1 Å². The lowest BCUT2D eigenvalue weighted by Crippen LogP contribution is -2.10. The summed E-state index contributed by atoms with van der Waals surface area (Å²) in [5, 5.41) is 2.63. The molecular weight excluding hydrogens is 354 g/mol. The molecule has 0 amide bonds. The Morgan fingerprint density at radius 1 is 0.621 bits per heavy atom. The van der Waals surface area contributed by atoms with Crippen LogP contribution >= 0.6 is 0 Å². The van der Waals surface area contributed by atoms with Gasteiger partial charge >= 0.3 is 0 Å². The third kappa shape index (κ3) is 3.42. The van der Waals surface area contributed by atoms with E-state index >= 15 is 0 Å². The van der Waals surface area contributed by atoms with Crippen molar-refractivity contribution in [2.75, 3.05) is 7.11 Å². The van der Waals surface area contributed by atoms with E-state index in [-0.39, 0.29) is 10.8 Å². The van der Waals surface area contributed by atoms with Crippen molar-refractivity contribution in [3.05, 3.63) is 71.8 Å². The number of ether oxygens (including phenoxy) is 1. The van der Waals surface area contributed by atoms with Crippen molar-refractivity contribution in [3.63, 3.8) is 0 Å². The smallest absolute Gasteiger partial charge is 0.119 e. The Morgan fingerprint density at radius 2 is 1.07 bits per heavy atom. The van der Waals surface area contributed by atoms with Crippen LogP contribution < -0.4 is 4.74 Å². The number of hydrogen-bond acceptors (Lipinski definition) is 1. The van der Waals surface area contributed by atoms with Crippen LogP contribution in [0.5, 0.6) is 5.75 Å². The molecule has 0 saturated carbocycles. The summed E-state index contributed by atoms with van der Waals surface area (Å²) < 4.78 is 7.72. The van der Waals surface area contributed by atoms with Crippen molar-refractivity contribution < 1.29 is 4.74 Å². The molecule has 0 aliphatic carbocycles. The number of benzene rings is 3. The Bertz CT molecular complexity index is 1110. The van der Waals surface area contributed by atoms with E-state index in [0.29, 0.717) is 0 Å². The summed E-state index contributed by atoms with van der Waals surface area (Å²) in [4.78, 5) is 0. The minimum absolute atomic E-state index is 0.115. The average molecular weight is 386 g/mol. The van der Waals surface area contributed by atoms with E-state index in [1.165, 1.54) is 32.9 Å². The molecule has 29 heavy (non-hydrogen) atoms. The number of fused-ring (bicyclic) bond motifs is 3. The van der Waals surface area contributed by atoms with Crippen LogP contribution in [0.3, 0.4) is 0 Å². The lowest BCUT2D eigenvalue weighted by atomic mass is 9.85. The van der Waals surface area contributed by atoms with Gasteiger partial charge < -0.3 is 9.30 Å². The van der Waals surface area contributed by atoms with Gasteiger partial charge in [0.15, 0.2) is 0 Å². The van der Waals surface area contributed by atoms with Crippen LogP contribution in [0.4, 0.5) is 0 Å². The maximum atomic E-state index is 5.36. The highest BCUT2D eigenvalue weighted by atomic mass is 16.5. The molecule has 3 aromatic carbocycles. The van der Waals surface area contributed by atoms with Crippen LogP contribution in [0.25, 0.3) is 27.5 Å². The molecule has 0 N–H and O–H groups in total. The fraction of sp³-hybridized carbons (Fsp3) is 0.333. The first kappa shape index (κ1) is 19.6. The number of methoxy groups -OCH3 is 1. The number of rotatable bonds is 2. The monoisotopic (exact) mass is 385 g/mol. The third-order valence-electron chi connectivity index (χ3n) is 5.83. The normalized spacial score (nSPS) is 12.7. The second kappa shape index (κ2) is 6.66. The molecule has 0 unspecified atom stereocenters. The molecule has 4 aromatic rings. The van der Waals surface area contributed by atoms with Gasteiger partial charge in [-0.15, -0.1) is 0 Å². The predicted molar refractivity (Wildman–Crippen MR) is 125 cm³/mol. The highest BCUT2D eigenvalue weighted by Gasteiger charge is 2.20. The van der Waals surface area contributed by atoms with Crippen molar-refractivity contribution in [2.45, 2.75) is 52.4 Å². The van der Waals surface area contributed by atoms with Gasteiger partial charge in [-0.05, 0) is 70.5 Å². The SMILES string of the molecule is COc1ccc(-n2c3ccc(C(C)(C)C)cc3c3cc(C(C)(C)C)ccc32)cc1. The summed E-state index contributed by atoms with van der Waals surface area (Å²) >= 11 is 0. The van der Waals surface area contributed by atoms with E-state index in [4.69, 9.17) is 4.74 Å². The zero-order chi connectivity index (χ0) is 21.0. The third-order valence-corrected chi connectivity index (χ3v) is 5.83. The van der Waals surface area contributed by atoms with Crippen LogP contribution in [0.1, 0.15) is 52.7 Å². The lowest BCUT2D eigenvalue weighted by molar-refractivity contribution is 0.415. The molecule has 0 atom stereocenters. The Hall–Kier alpha value is -2.74. The largest absolute Gasteiger partial charge is 0.497 e. The van der Waals surface area contributed by atoms with Crippen LogP contribution in [0.2, 0.25) is 0 Å². The van der Waals surface area contributed by atoms with Gasteiger partial charge in [-0.25, -0.2) is 0 Å². The molecule has 0 radical (unpaired) electrons. The standard InChI is InChI=1S/C27H31NO/c1-26(2,3)18-8-14-24-22(16-18)23-17-19(27(4,5)6)9-15-25(23)28(24)20-10-12-21(29-7)13-11-20/h8-17H,1-7H3. The topological polar surface area (TPSA) is 14.2 Å². The van der Waals surface area contributed by atoms with Crippen LogP contribution in [0, 0.1) is 0 Å². The maximum Gasteiger partial charge on any atom is 0.119 e. The Morgan fingerprint density at radius 3 is 1.45 bits per heavy atom. The van der Waals surface area contributed by atoms with Crippen molar-refractivity contribution in [3.8, 4) is 11.4 Å². The van der Waals surface area contributed by atoms with E-state index < -0.39 is 0 Å². The molecule has 2 nitrogen and oxygen atoms in total. The lowest BCUT2D eigenvalue weighted by Gasteiger charge is -2.19. The first-order chi connectivity index (χ1) is 13.6. The van der Waals surface area contributed by atoms with Gasteiger partial charge in [0, 0.05) is 16.5 Å². The predicted octanol–water partition coefficient (Wildman–Crippen LogP) is 7.39. The van der Waals surface area contributed by atoms with Crippen molar-refractivity contribution in [2.24, 2.45) is 0 Å². The molecule has 150 valence electrons. The summed E-state index contributed by atoms with van der Waals surface area (Å²) in [5.74, 6) is 0.875. The summed E-state index contributed by atoms with van der Waals surface area (Å²) in [6, 6.07) is 22.2. The summed E-state index contributed by atoms with van der Waals surface area (Å²) in [5.41, 5.74) is 6.58. The van der Waals surface area contributed by atoms with Gasteiger partial charge in [0.2, 0.25) is 0 Å². The molecule has 0 bridgehead atoms. The Balaban J connectivity index is 2.08. The zero-order valence-corrected chi connectivity index (χ0v) is 18.6. The number of hydrogen-bond donors (Lipinski definition) is 0. The molecule has 0 aliphatic rings. The van der Waals surface area contributed by atoms with E-state index in [0.717, 1.165) is 11.4 Å². The summed E-state index contributed by atoms with van der Waals surface area (Å²) in [6.07, 6.45) is 0. The zero-order valence-electron chi connectivity index (χ0n) is 18.6. The van der Waals surface area contributed by atoms with E-state index in [1.54, 1.807) is 7.11 Å². The second-order valence-corrected chi connectivity index (χ2v) is 10.00. The van der Waals surface area contributed by atoms with Gasteiger partial charge in [-0.2, -0.15) is 0 Å². The quantitative estimate of drug-likeness (QED) is 0.351. The summed E-state index contributed by atoms with van der Waals surface area (Å²) in [6.45, 7) is 13.7. The molecule has 0 aliphatic heterocycles.